The molecule has 2 rings (SSSR count). The first-order valence-electron chi connectivity index (χ1n) is 6.01. The van der Waals surface area contributed by atoms with Crippen molar-refractivity contribution < 1.29 is 18.3 Å². The summed E-state index contributed by atoms with van der Waals surface area (Å²) < 4.78 is 26.2. The topological polar surface area (TPSA) is 101 Å². The van der Waals surface area contributed by atoms with Crippen molar-refractivity contribution in [1.29, 1.82) is 0 Å². The summed E-state index contributed by atoms with van der Waals surface area (Å²) in [7, 11) is -3.80. The Morgan fingerprint density at radius 1 is 1.37 bits per heavy atom. The highest BCUT2D eigenvalue weighted by atomic mass is 32.2. The Morgan fingerprint density at radius 2 is 2.05 bits per heavy atom. The summed E-state index contributed by atoms with van der Waals surface area (Å²) in [5, 5.41) is 9.07. The second-order valence-electron chi connectivity index (χ2n) is 4.57. The lowest BCUT2D eigenvalue weighted by Gasteiger charge is -2.30. The van der Waals surface area contributed by atoms with Crippen LogP contribution in [0.15, 0.2) is 29.2 Å². The van der Waals surface area contributed by atoms with Crippen molar-refractivity contribution in [1.82, 2.24) is 4.31 Å². The molecular formula is C12H16N2O4S. The van der Waals surface area contributed by atoms with E-state index in [-0.39, 0.29) is 23.0 Å². The van der Waals surface area contributed by atoms with Gasteiger partial charge in [0.1, 0.15) is 0 Å². The van der Waals surface area contributed by atoms with Gasteiger partial charge in [-0.05, 0) is 25.0 Å². The molecule has 1 aromatic carbocycles. The third-order valence-electron chi connectivity index (χ3n) is 3.16. The molecule has 3 N–H and O–H groups in total. The molecule has 0 saturated carbocycles. The van der Waals surface area contributed by atoms with E-state index in [0.29, 0.717) is 13.0 Å². The van der Waals surface area contributed by atoms with Crippen molar-refractivity contribution in [2.45, 2.75) is 23.8 Å². The number of carbonyl (C=O) groups is 1. The van der Waals surface area contributed by atoms with Crippen LogP contribution in [0.25, 0.3) is 0 Å². The quantitative estimate of drug-likeness (QED) is 0.841. The fraction of sp³-hybridized carbons (Fsp3) is 0.417. The Hall–Kier alpha value is -1.44. The molecular weight excluding hydrogens is 268 g/mol. The van der Waals surface area contributed by atoms with E-state index in [1.807, 2.05) is 0 Å². The standard InChI is InChI=1S/C12H16N2O4S/c13-9-4-3-7-14(8-9)19(17,18)11-6-2-1-5-10(11)12(15)16/h1-2,5-6,9H,3-4,7-8,13H2,(H,15,16). The largest absolute Gasteiger partial charge is 0.478 e. The number of carboxylic acid groups (broad SMARTS) is 1. The molecule has 1 aliphatic heterocycles. The number of nitrogens with two attached hydrogens (primary N) is 1. The third-order valence-corrected chi connectivity index (χ3v) is 5.08. The molecule has 7 heteroatoms. The van der Waals surface area contributed by atoms with Gasteiger partial charge in [-0.2, -0.15) is 4.31 Å². The zero-order chi connectivity index (χ0) is 14.0. The van der Waals surface area contributed by atoms with Crippen LogP contribution in [-0.2, 0) is 10.0 Å². The molecule has 0 spiro atoms. The maximum Gasteiger partial charge on any atom is 0.337 e. The number of sulfonamides is 1. The van der Waals surface area contributed by atoms with Gasteiger partial charge in [0.2, 0.25) is 10.0 Å². The Bertz CT molecular complexity index is 585. The normalized spacial score (nSPS) is 21.2. The van der Waals surface area contributed by atoms with E-state index in [1.54, 1.807) is 0 Å². The van der Waals surface area contributed by atoms with Crippen molar-refractivity contribution in [2.24, 2.45) is 5.73 Å². The van der Waals surface area contributed by atoms with Crippen LogP contribution in [0.3, 0.4) is 0 Å². The number of nitrogens with zero attached hydrogens (tertiary/aromatic N) is 1. The van der Waals surface area contributed by atoms with E-state index >= 15 is 0 Å². The van der Waals surface area contributed by atoms with Gasteiger partial charge in [0, 0.05) is 19.1 Å². The van der Waals surface area contributed by atoms with Crippen LogP contribution in [0.4, 0.5) is 0 Å². The summed E-state index contributed by atoms with van der Waals surface area (Å²) in [6.07, 6.45) is 1.47. The number of carboxylic acids is 1. The average Bonchev–Trinajstić information content (AvgIpc) is 2.38. The maximum atomic E-state index is 12.5. The molecule has 1 fully saturated rings. The Kier molecular flexibility index (Phi) is 3.88. The first-order valence-corrected chi connectivity index (χ1v) is 7.45. The van der Waals surface area contributed by atoms with E-state index < -0.39 is 16.0 Å². The summed E-state index contributed by atoms with van der Waals surface area (Å²) in [4.78, 5) is 10.9. The molecule has 104 valence electrons. The zero-order valence-corrected chi connectivity index (χ0v) is 11.1. The molecule has 0 amide bonds. The van der Waals surface area contributed by atoms with E-state index in [2.05, 4.69) is 0 Å². The molecule has 0 aromatic heterocycles. The highest BCUT2D eigenvalue weighted by Gasteiger charge is 2.31. The molecule has 1 saturated heterocycles. The maximum absolute atomic E-state index is 12.5. The Morgan fingerprint density at radius 3 is 2.68 bits per heavy atom. The van der Waals surface area contributed by atoms with Gasteiger partial charge < -0.3 is 10.8 Å². The Labute approximate surface area is 111 Å². The first kappa shape index (κ1) is 14.0. The summed E-state index contributed by atoms with van der Waals surface area (Å²) in [5.74, 6) is -1.25. The minimum Gasteiger partial charge on any atom is -0.478 e. The van der Waals surface area contributed by atoms with Crippen LogP contribution >= 0.6 is 0 Å². The average molecular weight is 284 g/mol. The van der Waals surface area contributed by atoms with E-state index in [4.69, 9.17) is 10.8 Å². The number of rotatable bonds is 3. The van der Waals surface area contributed by atoms with Gasteiger partial charge in [0.05, 0.1) is 10.5 Å². The molecule has 6 nitrogen and oxygen atoms in total. The first-order chi connectivity index (χ1) is 8.93. The zero-order valence-electron chi connectivity index (χ0n) is 10.3. The predicted octanol–water partition coefficient (Wildman–Crippen LogP) is 0.497. The van der Waals surface area contributed by atoms with Crippen LogP contribution < -0.4 is 5.73 Å². The fourth-order valence-electron chi connectivity index (χ4n) is 2.20. The van der Waals surface area contributed by atoms with Gasteiger partial charge in [0.25, 0.3) is 0 Å². The monoisotopic (exact) mass is 284 g/mol. The lowest BCUT2D eigenvalue weighted by Crippen LogP contribution is -2.45. The van der Waals surface area contributed by atoms with Crippen LogP contribution in [0.5, 0.6) is 0 Å². The number of aromatic carboxylic acids is 1. The summed E-state index contributed by atoms with van der Waals surface area (Å²) in [6.45, 7) is 0.611. The lowest BCUT2D eigenvalue weighted by molar-refractivity contribution is 0.0692. The molecule has 0 aliphatic carbocycles. The van der Waals surface area contributed by atoms with Crippen molar-refractivity contribution in [2.75, 3.05) is 13.1 Å². The van der Waals surface area contributed by atoms with Gasteiger partial charge >= 0.3 is 5.97 Å². The highest BCUT2D eigenvalue weighted by Crippen LogP contribution is 2.23. The number of benzene rings is 1. The van der Waals surface area contributed by atoms with E-state index in [9.17, 15) is 13.2 Å². The van der Waals surface area contributed by atoms with Crippen molar-refractivity contribution in [3.8, 4) is 0 Å². The second kappa shape index (κ2) is 5.28. The van der Waals surface area contributed by atoms with Gasteiger partial charge in [-0.1, -0.05) is 12.1 Å². The molecule has 0 bridgehead atoms. The molecule has 1 unspecified atom stereocenters. The Balaban J connectivity index is 2.42. The predicted molar refractivity (Wildman–Crippen MR) is 69.4 cm³/mol. The summed E-state index contributed by atoms with van der Waals surface area (Å²) in [6, 6.07) is 5.44. The number of hydrogen-bond acceptors (Lipinski definition) is 4. The number of piperidine rings is 1. The number of hydrogen-bond donors (Lipinski definition) is 2. The van der Waals surface area contributed by atoms with Gasteiger partial charge in [-0.15, -0.1) is 0 Å². The van der Waals surface area contributed by atoms with Crippen LogP contribution in [0.2, 0.25) is 0 Å². The van der Waals surface area contributed by atoms with E-state index in [0.717, 1.165) is 6.42 Å². The SMILES string of the molecule is NC1CCCN(S(=O)(=O)c2ccccc2C(=O)O)C1. The highest BCUT2D eigenvalue weighted by molar-refractivity contribution is 7.89. The molecule has 1 heterocycles. The van der Waals surface area contributed by atoms with Crippen molar-refractivity contribution in [3.63, 3.8) is 0 Å². The summed E-state index contributed by atoms with van der Waals surface area (Å²) >= 11 is 0. The van der Waals surface area contributed by atoms with Crippen LogP contribution in [-0.4, -0.2) is 42.9 Å². The molecule has 1 aromatic rings. The molecule has 1 atom stereocenters. The van der Waals surface area contributed by atoms with E-state index in [1.165, 1.54) is 28.6 Å². The van der Waals surface area contributed by atoms with Crippen LogP contribution in [0.1, 0.15) is 23.2 Å². The summed E-state index contributed by atoms with van der Waals surface area (Å²) in [5.41, 5.74) is 5.57. The molecule has 19 heavy (non-hydrogen) atoms. The smallest absolute Gasteiger partial charge is 0.337 e. The minimum absolute atomic E-state index is 0.170. The molecule has 0 radical (unpaired) electrons. The van der Waals surface area contributed by atoms with Crippen molar-refractivity contribution in [3.05, 3.63) is 29.8 Å². The van der Waals surface area contributed by atoms with Gasteiger partial charge in [-0.25, -0.2) is 13.2 Å². The second-order valence-corrected chi connectivity index (χ2v) is 6.47. The third kappa shape index (κ3) is 2.78. The van der Waals surface area contributed by atoms with Crippen LogP contribution in [0, 0.1) is 0 Å². The minimum atomic E-state index is -3.80. The fourth-order valence-corrected chi connectivity index (χ4v) is 3.92. The lowest BCUT2D eigenvalue weighted by atomic mass is 10.1. The van der Waals surface area contributed by atoms with Gasteiger partial charge in [0.15, 0.2) is 0 Å². The molecule has 1 aliphatic rings. The van der Waals surface area contributed by atoms with Gasteiger partial charge in [-0.3, -0.25) is 0 Å². The van der Waals surface area contributed by atoms with Crippen molar-refractivity contribution >= 4 is 16.0 Å².